The van der Waals surface area contributed by atoms with Gasteiger partial charge in [-0.25, -0.2) is 12.8 Å². The van der Waals surface area contributed by atoms with Crippen LogP contribution in [0, 0.1) is 12.7 Å². The highest BCUT2D eigenvalue weighted by Gasteiger charge is 2.18. The maximum atomic E-state index is 13.0. The first-order valence-electron chi connectivity index (χ1n) is 5.63. The number of rotatable bonds is 3. The minimum atomic E-state index is -3.83. The van der Waals surface area contributed by atoms with Crippen molar-refractivity contribution >= 4 is 37.3 Å². The van der Waals surface area contributed by atoms with Crippen molar-refractivity contribution in [3.05, 3.63) is 52.3 Å². The van der Waals surface area contributed by atoms with Crippen LogP contribution in [0.2, 0.25) is 0 Å². The second-order valence-electron chi connectivity index (χ2n) is 4.25. The number of nitrogen functional groups attached to an aromatic ring is 1. The van der Waals surface area contributed by atoms with Gasteiger partial charge in [0.2, 0.25) is 0 Å². The molecule has 0 aliphatic rings. The van der Waals surface area contributed by atoms with E-state index in [0.29, 0.717) is 15.7 Å². The molecule has 0 fully saturated rings. The van der Waals surface area contributed by atoms with Gasteiger partial charge in [0, 0.05) is 4.47 Å². The Labute approximate surface area is 125 Å². The molecule has 0 unspecified atom stereocenters. The average Bonchev–Trinajstić information content (AvgIpc) is 2.35. The number of aryl methyl sites for hydroxylation is 1. The summed E-state index contributed by atoms with van der Waals surface area (Å²) in [5, 5.41) is 0. The lowest BCUT2D eigenvalue weighted by molar-refractivity contribution is 0.601. The summed E-state index contributed by atoms with van der Waals surface area (Å²) in [6.45, 7) is 1.62. The first-order chi connectivity index (χ1) is 9.29. The molecule has 0 aromatic heterocycles. The fraction of sp³-hybridized carbons (Fsp3) is 0.0769. The SMILES string of the molecule is Cc1cc(F)ccc1NS(=O)(=O)c1cc(Br)ccc1N. The van der Waals surface area contributed by atoms with E-state index in [9.17, 15) is 12.8 Å². The highest BCUT2D eigenvalue weighted by atomic mass is 79.9. The molecule has 0 saturated heterocycles. The Morgan fingerprint density at radius 1 is 1.20 bits per heavy atom. The zero-order valence-corrected chi connectivity index (χ0v) is 12.9. The molecule has 0 radical (unpaired) electrons. The van der Waals surface area contributed by atoms with Crippen molar-refractivity contribution in [2.24, 2.45) is 0 Å². The van der Waals surface area contributed by atoms with Gasteiger partial charge in [-0.3, -0.25) is 4.72 Å². The number of hydrogen-bond donors (Lipinski definition) is 2. The summed E-state index contributed by atoms with van der Waals surface area (Å²) in [5.41, 5.74) is 6.63. The third kappa shape index (κ3) is 3.10. The minimum Gasteiger partial charge on any atom is -0.398 e. The Kier molecular flexibility index (Phi) is 4.01. The summed E-state index contributed by atoms with van der Waals surface area (Å²) in [4.78, 5) is -0.0319. The summed E-state index contributed by atoms with van der Waals surface area (Å²) in [6.07, 6.45) is 0. The lowest BCUT2D eigenvalue weighted by Crippen LogP contribution is -2.15. The molecular weight excluding hydrogens is 347 g/mol. The summed E-state index contributed by atoms with van der Waals surface area (Å²) >= 11 is 3.20. The van der Waals surface area contributed by atoms with Crippen LogP contribution in [0.5, 0.6) is 0 Å². The largest absolute Gasteiger partial charge is 0.398 e. The molecule has 0 bridgehead atoms. The molecule has 7 heteroatoms. The maximum Gasteiger partial charge on any atom is 0.263 e. The van der Waals surface area contributed by atoms with Crippen LogP contribution in [0.25, 0.3) is 0 Å². The molecule has 0 aliphatic carbocycles. The molecule has 4 nitrogen and oxygen atoms in total. The molecule has 2 rings (SSSR count). The standard InChI is InChI=1S/C13H12BrFN2O2S/c1-8-6-10(15)3-5-12(8)17-20(18,19)13-7-9(14)2-4-11(13)16/h2-7,17H,16H2,1H3. The zero-order chi connectivity index (χ0) is 14.9. The molecule has 0 amide bonds. The van der Waals surface area contributed by atoms with Crippen molar-refractivity contribution in [2.75, 3.05) is 10.5 Å². The van der Waals surface area contributed by atoms with Crippen LogP contribution in [-0.4, -0.2) is 8.42 Å². The molecule has 0 saturated carbocycles. The topological polar surface area (TPSA) is 72.2 Å². The van der Waals surface area contributed by atoms with Crippen molar-refractivity contribution in [1.29, 1.82) is 0 Å². The van der Waals surface area contributed by atoms with E-state index in [2.05, 4.69) is 20.7 Å². The van der Waals surface area contributed by atoms with Gasteiger partial charge in [-0.1, -0.05) is 15.9 Å². The van der Waals surface area contributed by atoms with E-state index in [-0.39, 0.29) is 10.6 Å². The molecule has 0 aliphatic heterocycles. The third-order valence-electron chi connectivity index (χ3n) is 2.70. The van der Waals surface area contributed by atoms with Crippen LogP contribution in [0.15, 0.2) is 45.8 Å². The average molecular weight is 359 g/mol. The Hall–Kier alpha value is -1.60. The molecule has 2 aromatic carbocycles. The van der Waals surface area contributed by atoms with E-state index >= 15 is 0 Å². The number of benzene rings is 2. The number of anilines is 2. The minimum absolute atomic E-state index is 0.0319. The molecule has 3 N–H and O–H groups in total. The van der Waals surface area contributed by atoms with Gasteiger partial charge in [-0.05, 0) is 48.9 Å². The van der Waals surface area contributed by atoms with Gasteiger partial charge in [0.15, 0.2) is 0 Å². The van der Waals surface area contributed by atoms with Gasteiger partial charge in [0.25, 0.3) is 10.0 Å². The highest BCUT2D eigenvalue weighted by Crippen LogP contribution is 2.26. The maximum absolute atomic E-state index is 13.0. The van der Waals surface area contributed by atoms with Crippen LogP contribution >= 0.6 is 15.9 Å². The molecule has 20 heavy (non-hydrogen) atoms. The first-order valence-corrected chi connectivity index (χ1v) is 7.91. The van der Waals surface area contributed by atoms with Gasteiger partial charge in [-0.15, -0.1) is 0 Å². The Balaban J connectivity index is 2.43. The van der Waals surface area contributed by atoms with E-state index in [4.69, 9.17) is 5.73 Å². The molecule has 0 spiro atoms. The first kappa shape index (κ1) is 14.8. The van der Waals surface area contributed by atoms with Gasteiger partial charge in [-0.2, -0.15) is 0 Å². The number of hydrogen-bond acceptors (Lipinski definition) is 3. The molecular formula is C13H12BrFN2O2S. The zero-order valence-electron chi connectivity index (χ0n) is 10.5. The van der Waals surface area contributed by atoms with Gasteiger partial charge >= 0.3 is 0 Å². The number of sulfonamides is 1. The second kappa shape index (κ2) is 5.41. The Bertz CT molecular complexity index is 763. The van der Waals surface area contributed by atoms with Crippen molar-refractivity contribution in [2.45, 2.75) is 11.8 Å². The number of nitrogens with two attached hydrogens (primary N) is 1. The van der Waals surface area contributed by atoms with Crippen molar-refractivity contribution < 1.29 is 12.8 Å². The molecule has 0 atom stereocenters. The number of nitrogens with one attached hydrogen (secondary N) is 1. The van der Waals surface area contributed by atoms with Gasteiger partial charge < -0.3 is 5.73 Å². The van der Waals surface area contributed by atoms with E-state index in [1.807, 2.05) is 0 Å². The van der Waals surface area contributed by atoms with Crippen LogP contribution in [0.4, 0.5) is 15.8 Å². The predicted molar refractivity (Wildman–Crippen MR) is 80.5 cm³/mol. The number of halogens is 2. The molecule has 106 valence electrons. The fourth-order valence-corrected chi connectivity index (χ4v) is 3.48. The summed E-state index contributed by atoms with van der Waals surface area (Å²) in [5.74, 6) is -0.424. The smallest absolute Gasteiger partial charge is 0.263 e. The van der Waals surface area contributed by atoms with E-state index < -0.39 is 15.8 Å². The quantitative estimate of drug-likeness (QED) is 0.827. The monoisotopic (exact) mass is 358 g/mol. The van der Waals surface area contributed by atoms with Gasteiger partial charge in [0.1, 0.15) is 10.7 Å². The van der Waals surface area contributed by atoms with Crippen LogP contribution in [0.3, 0.4) is 0 Å². The van der Waals surface area contributed by atoms with Crippen LogP contribution in [0.1, 0.15) is 5.56 Å². The predicted octanol–water partition coefficient (Wildman–Crippen LogP) is 3.28. The summed E-state index contributed by atoms with van der Waals surface area (Å²) < 4.78 is 40.6. The third-order valence-corrected chi connectivity index (χ3v) is 4.61. The Morgan fingerprint density at radius 2 is 1.90 bits per heavy atom. The molecule has 0 heterocycles. The van der Waals surface area contributed by atoms with E-state index in [0.717, 1.165) is 0 Å². The Morgan fingerprint density at radius 3 is 2.55 bits per heavy atom. The van der Waals surface area contributed by atoms with Crippen molar-refractivity contribution in [1.82, 2.24) is 0 Å². The summed E-state index contributed by atoms with van der Waals surface area (Å²) in [6, 6.07) is 8.37. The normalized spacial score (nSPS) is 11.3. The lowest BCUT2D eigenvalue weighted by Gasteiger charge is -2.12. The molecule has 2 aromatic rings. The van der Waals surface area contributed by atoms with Gasteiger partial charge in [0.05, 0.1) is 11.4 Å². The second-order valence-corrected chi connectivity index (χ2v) is 6.81. The fourth-order valence-electron chi connectivity index (χ4n) is 1.68. The summed E-state index contributed by atoms with van der Waals surface area (Å²) in [7, 11) is -3.83. The van der Waals surface area contributed by atoms with Crippen LogP contribution in [-0.2, 0) is 10.0 Å². The van der Waals surface area contributed by atoms with E-state index in [1.165, 1.54) is 30.3 Å². The lowest BCUT2D eigenvalue weighted by atomic mass is 10.2. The van der Waals surface area contributed by atoms with Crippen LogP contribution < -0.4 is 10.5 Å². The highest BCUT2D eigenvalue weighted by molar-refractivity contribution is 9.10. The van der Waals surface area contributed by atoms with Crippen molar-refractivity contribution in [3.63, 3.8) is 0 Å². The van der Waals surface area contributed by atoms with E-state index in [1.54, 1.807) is 13.0 Å². The van der Waals surface area contributed by atoms with Crippen molar-refractivity contribution in [3.8, 4) is 0 Å².